The Morgan fingerprint density at radius 1 is 0.917 bits per heavy atom. The molecule has 0 bridgehead atoms. The van der Waals surface area contributed by atoms with Gasteiger partial charge in [-0.1, -0.05) is 48.9 Å². The molecule has 3 N–H and O–H groups in total. The van der Waals surface area contributed by atoms with Crippen LogP contribution in [0.3, 0.4) is 0 Å². The molecule has 0 atom stereocenters. The van der Waals surface area contributed by atoms with Crippen molar-refractivity contribution >= 4 is 18.1 Å². The van der Waals surface area contributed by atoms with Crippen molar-refractivity contribution in [2.45, 2.75) is 38.8 Å². The zero-order chi connectivity index (χ0) is 25.8. The van der Waals surface area contributed by atoms with Gasteiger partial charge in [0.1, 0.15) is 24.3 Å². The van der Waals surface area contributed by atoms with E-state index in [2.05, 4.69) is 15.6 Å². The Bertz CT molecular complexity index is 1230. The molecular weight excluding hydrogens is 465 g/mol. The molecule has 0 aliphatic heterocycles. The van der Waals surface area contributed by atoms with Gasteiger partial charge in [-0.3, -0.25) is 14.4 Å². The standard InChI is InChI=1S/C27H28FN3O5/c28-21-12-10-19(11-13-21)16-31-26(34)22-17-30-23(27(35)29-14-6-1-2-7-15-32)25(24(22)33)36-18-20-8-4-3-5-9-20/h3-5,8-13,15,17H,1-2,6-7,14,16,18H2,(H,29,35)(H,30,33)(H,31,34). The number of rotatable bonds is 13. The average Bonchev–Trinajstić information content (AvgIpc) is 2.89. The Kier molecular flexibility index (Phi) is 9.93. The molecule has 0 saturated heterocycles. The number of ether oxygens (including phenoxy) is 1. The lowest BCUT2D eigenvalue weighted by atomic mass is 10.1. The van der Waals surface area contributed by atoms with Gasteiger partial charge in [-0.05, 0) is 36.1 Å². The second-order valence-electron chi connectivity index (χ2n) is 8.09. The molecule has 9 heteroatoms. The van der Waals surface area contributed by atoms with Crippen molar-refractivity contribution in [1.29, 1.82) is 0 Å². The maximum atomic E-state index is 13.2. The summed E-state index contributed by atoms with van der Waals surface area (Å²) < 4.78 is 18.8. The number of hydrogen-bond acceptors (Lipinski definition) is 5. The van der Waals surface area contributed by atoms with E-state index in [1.807, 2.05) is 30.3 Å². The third-order valence-electron chi connectivity index (χ3n) is 5.39. The van der Waals surface area contributed by atoms with E-state index in [0.717, 1.165) is 24.7 Å². The number of unbranched alkanes of at least 4 members (excludes halogenated alkanes) is 3. The minimum Gasteiger partial charge on any atom is -0.483 e. The van der Waals surface area contributed by atoms with Gasteiger partial charge in [-0.25, -0.2) is 4.39 Å². The van der Waals surface area contributed by atoms with Crippen LogP contribution >= 0.6 is 0 Å². The average molecular weight is 494 g/mol. The van der Waals surface area contributed by atoms with Crippen LogP contribution in [0.4, 0.5) is 4.39 Å². The highest BCUT2D eigenvalue weighted by Gasteiger charge is 2.22. The Labute approximate surface area is 207 Å². The van der Waals surface area contributed by atoms with Crippen molar-refractivity contribution in [3.8, 4) is 5.75 Å². The quantitative estimate of drug-likeness (QED) is 0.249. The molecule has 3 aromatic rings. The molecule has 1 aromatic heterocycles. The van der Waals surface area contributed by atoms with Gasteiger partial charge in [0.25, 0.3) is 11.8 Å². The highest BCUT2D eigenvalue weighted by atomic mass is 19.1. The highest BCUT2D eigenvalue weighted by Crippen LogP contribution is 2.15. The van der Waals surface area contributed by atoms with Crippen LogP contribution in [0.5, 0.6) is 5.75 Å². The summed E-state index contributed by atoms with van der Waals surface area (Å²) >= 11 is 0. The monoisotopic (exact) mass is 493 g/mol. The van der Waals surface area contributed by atoms with E-state index in [4.69, 9.17) is 4.74 Å². The first-order valence-corrected chi connectivity index (χ1v) is 11.7. The summed E-state index contributed by atoms with van der Waals surface area (Å²) in [6.07, 6.45) is 4.70. The fraction of sp³-hybridized carbons (Fsp3) is 0.259. The van der Waals surface area contributed by atoms with E-state index in [-0.39, 0.29) is 30.2 Å². The molecule has 0 saturated carbocycles. The number of aromatic nitrogens is 1. The molecule has 0 unspecified atom stereocenters. The summed E-state index contributed by atoms with van der Waals surface area (Å²) in [7, 11) is 0. The number of halogens is 1. The SMILES string of the molecule is O=CCCCCCNC(=O)c1[nH]cc(C(=O)NCc2ccc(F)cc2)c(=O)c1OCc1ccccc1. The predicted molar refractivity (Wildman–Crippen MR) is 132 cm³/mol. The molecule has 3 rings (SSSR count). The number of aromatic amines is 1. The van der Waals surface area contributed by atoms with Gasteiger partial charge in [-0.2, -0.15) is 0 Å². The van der Waals surface area contributed by atoms with Crippen LogP contribution in [0.15, 0.2) is 65.6 Å². The van der Waals surface area contributed by atoms with E-state index in [9.17, 15) is 23.6 Å². The van der Waals surface area contributed by atoms with Gasteiger partial charge >= 0.3 is 0 Å². The first-order valence-electron chi connectivity index (χ1n) is 11.7. The van der Waals surface area contributed by atoms with Crippen LogP contribution < -0.4 is 20.8 Å². The molecule has 188 valence electrons. The van der Waals surface area contributed by atoms with Crippen LogP contribution in [0.25, 0.3) is 0 Å². The van der Waals surface area contributed by atoms with E-state index < -0.39 is 23.1 Å². The van der Waals surface area contributed by atoms with Crippen molar-refractivity contribution in [2.24, 2.45) is 0 Å². The van der Waals surface area contributed by atoms with E-state index >= 15 is 0 Å². The minimum absolute atomic E-state index is 0.0244. The number of carbonyl (C=O) groups excluding carboxylic acids is 3. The van der Waals surface area contributed by atoms with Crippen molar-refractivity contribution in [3.63, 3.8) is 0 Å². The molecular formula is C27H28FN3O5. The van der Waals surface area contributed by atoms with Gasteiger partial charge < -0.3 is 25.1 Å². The Morgan fingerprint density at radius 3 is 2.39 bits per heavy atom. The van der Waals surface area contributed by atoms with Gasteiger partial charge in [0.2, 0.25) is 5.43 Å². The van der Waals surface area contributed by atoms with E-state index in [1.54, 1.807) is 0 Å². The lowest BCUT2D eigenvalue weighted by molar-refractivity contribution is -0.107. The van der Waals surface area contributed by atoms with Gasteiger partial charge in [0.05, 0.1) is 0 Å². The van der Waals surface area contributed by atoms with Crippen molar-refractivity contribution in [1.82, 2.24) is 15.6 Å². The van der Waals surface area contributed by atoms with E-state index in [0.29, 0.717) is 24.9 Å². The van der Waals surface area contributed by atoms with Crippen molar-refractivity contribution in [2.75, 3.05) is 6.54 Å². The molecule has 2 amide bonds. The zero-order valence-electron chi connectivity index (χ0n) is 19.7. The fourth-order valence-corrected chi connectivity index (χ4v) is 3.42. The van der Waals surface area contributed by atoms with Crippen LogP contribution in [-0.2, 0) is 17.9 Å². The largest absolute Gasteiger partial charge is 0.483 e. The van der Waals surface area contributed by atoms with Crippen LogP contribution in [0.1, 0.15) is 57.7 Å². The first-order chi connectivity index (χ1) is 17.5. The number of amides is 2. The molecule has 1 heterocycles. The highest BCUT2D eigenvalue weighted by molar-refractivity contribution is 5.98. The van der Waals surface area contributed by atoms with Crippen LogP contribution in [0, 0.1) is 5.82 Å². The van der Waals surface area contributed by atoms with Gasteiger partial charge in [-0.15, -0.1) is 0 Å². The summed E-state index contributed by atoms with van der Waals surface area (Å²) in [6.45, 7) is 0.472. The minimum atomic E-state index is -0.725. The molecule has 0 spiro atoms. The van der Waals surface area contributed by atoms with Gasteiger partial charge in [0.15, 0.2) is 11.4 Å². The molecule has 8 nitrogen and oxygen atoms in total. The first kappa shape index (κ1) is 26.3. The molecule has 36 heavy (non-hydrogen) atoms. The number of aldehydes is 1. The van der Waals surface area contributed by atoms with Crippen LogP contribution in [-0.4, -0.2) is 29.6 Å². The number of pyridine rings is 1. The smallest absolute Gasteiger partial charge is 0.271 e. The summed E-state index contributed by atoms with van der Waals surface area (Å²) in [5, 5.41) is 5.35. The van der Waals surface area contributed by atoms with Gasteiger partial charge in [0, 0.05) is 25.7 Å². The number of carbonyl (C=O) groups is 3. The normalized spacial score (nSPS) is 10.5. The van der Waals surface area contributed by atoms with E-state index in [1.165, 1.54) is 30.5 Å². The third kappa shape index (κ3) is 7.63. The van der Waals surface area contributed by atoms with Crippen LogP contribution in [0.2, 0.25) is 0 Å². The number of nitrogens with one attached hydrogen (secondary N) is 3. The van der Waals surface area contributed by atoms with Crippen molar-refractivity contribution in [3.05, 3.63) is 99.2 Å². The molecule has 0 fully saturated rings. The maximum absolute atomic E-state index is 13.2. The number of benzene rings is 2. The summed E-state index contributed by atoms with van der Waals surface area (Å²) in [6, 6.07) is 14.7. The second-order valence-corrected chi connectivity index (χ2v) is 8.09. The topological polar surface area (TPSA) is 117 Å². The molecule has 0 radical (unpaired) electrons. The molecule has 0 aliphatic rings. The Balaban J connectivity index is 1.76. The third-order valence-corrected chi connectivity index (χ3v) is 5.39. The lowest BCUT2D eigenvalue weighted by Crippen LogP contribution is -2.32. The molecule has 2 aromatic carbocycles. The number of hydrogen-bond donors (Lipinski definition) is 3. The van der Waals surface area contributed by atoms with Crippen molar-refractivity contribution < 1.29 is 23.5 Å². The maximum Gasteiger partial charge on any atom is 0.271 e. The predicted octanol–water partition coefficient (Wildman–Crippen LogP) is 3.51. The fourth-order valence-electron chi connectivity index (χ4n) is 3.42. The lowest BCUT2D eigenvalue weighted by Gasteiger charge is -2.13. The number of H-pyrrole nitrogens is 1. The molecule has 0 aliphatic carbocycles. The Morgan fingerprint density at radius 2 is 1.67 bits per heavy atom. The summed E-state index contributed by atoms with van der Waals surface area (Å²) in [4.78, 5) is 51.8. The summed E-state index contributed by atoms with van der Waals surface area (Å²) in [5.41, 5.74) is 0.414. The zero-order valence-corrected chi connectivity index (χ0v) is 19.7. The Hall–Kier alpha value is -4.27. The summed E-state index contributed by atoms with van der Waals surface area (Å²) in [5.74, 6) is -1.85. The second kappa shape index (κ2) is 13.6.